The zero-order valence-electron chi connectivity index (χ0n) is 12.3. The van der Waals surface area contributed by atoms with Crippen LogP contribution in [0.2, 0.25) is 10.0 Å². The molecule has 0 bridgehead atoms. The van der Waals surface area contributed by atoms with Crippen molar-refractivity contribution in [3.8, 4) is 5.75 Å². The van der Waals surface area contributed by atoms with Gasteiger partial charge in [0.2, 0.25) is 0 Å². The Labute approximate surface area is 149 Å². The number of aryl methyl sites for hydroxylation is 1. The molecule has 1 aromatic carbocycles. The van der Waals surface area contributed by atoms with E-state index in [1.165, 1.54) is 19.2 Å². The number of thiocarbonyl (C=S) groups is 1. The summed E-state index contributed by atoms with van der Waals surface area (Å²) in [6, 6.07) is 6.63. The standard InChI is InChI=1S/C15H13Cl2N3O2S/c1-8-4-3-5-18-13(8)19-15(23)20-14(21)10-6-9(16)7-11(17)12(10)22-2/h3-7H,1-2H3,(H2,18,19,20,21,23). The average Bonchev–Trinajstić information content (AvgIpc) is 2.48. The molecule has 0 fully saturated rings. The van der Waals surface area contributed by atoms with Crippen LogP contribution in [0.1, 0.15) is 15.9 Å². The molecule has 0 saturated heterocycles. The summed E-state index contributed by atoms with van der Waals surface area (Å²) in [5, 5.41) is 6.07. The van der Waals surface area contributed by atoms with Crippen molar-refractivity contribution in [3.63, 3.8) is 0 Å². The number of aromatic nitrogens is 1. The van der Waals surface area contributed by atoms with Gasteiger partial charge < -0.3 is 10.1 Å². The molecular formula is C15H13Cl2N3O2S. The number of nitrogens with one attached hydrogen (secondary N) is 2. The molecule has 0 aliphatic heterocycles. The number of rotatable bonds is 3. The van der Waals surface area contributed by atoms with Crippen molar-refractivity contribution in [3.05, 3.63) is 51.6 Å². The fourth-order valence-corrected chi connectivity index (χ4v) is 2.62. The average molecular weight is 370 g/mol. The number of pyridine rings is 1. The molecule has 0 saturated carbocycles. The summed E-state index contributed by atoms with van der Waals surface area (Å²) in [5.41, 5.74) is 1.08. The second-order valence-electron chi connectivity index (χ2n) is 4.55. The van der Waals surface area contributed by atoms with Gasteiger partial charge in [0.05, 0.1) is 17.7 Å². The van der Waals surface area contributed by atoms with Gasteiger partial charge >= 0.3 is 0 Å². The molecule has 8 heteroatoms. The third-order valence-corrected chi connectivity index (χ3v) is 3.63. The lowest BCUT2D eigenvalue weighted by molar-refractivity contribution is 0.0975. The fourth-order valence-electron chi connectivity index (χ4n) is 1.86. The lowest BCUT2D eigenvalue weighted by Gasteiger charge is -2.13. The first-order valence-electron chi connectivity index (χ1n) is 6.49. The smallest absolute Gasteiger partial charge is 0.261 e. The highest BCUT2D eigenvalue weighted by atomic mass is 35.5. The van der Waals surface area contributed by atoms with Gasteiger partial charge in [0.25, 0.3) is 5.91 Å². The Morgan fingerprint density at radius 3 is 2.74 bits per heavy atom. The Morgan fingerprint density at radius 1 is 1.35 bits per heavy atom. The summed E-state index contributed by atoms with van der Waals surface area (Å²) >= 11 is 17.1. The molecule has 1 aromatic heterocycles. The summed E-state index contributed by atoms with van der Waals surface area (Å²) in [7, 11) is 1.42. The molecule has 0 atom stereocenters. The maximum absolute atomic E-state index is 12.4. The fraction of sp³-hybridized carbons (Fsp3) is 0.133. The van der Waals surface area contributed by atoms with E-state index in [2.05, 4.69) is 15.6 Å². The number of carbonyl (C=O) groups excluding carboxylic acids is 1. The molecule has 0 unspecified atom stereocenters. The van der Waals surface area contributed by atoms with Gasteiger partial charge in [0, 0.05) is 11.2 Å². The molecule has 2 rings (SSSR count). The molecule has 0 aliphatic rings. The van der Waals surface area contributed by atoms with Gasteiger partial charge in [-0.15, -0.1) is 0 Å². The highest BCUT2D eigenvalue weighted by molar-refractivity contribution is 7.80. The number of halogens is 2. The minimum absolute atomic E-state index is 0.106. The highest BCUT2D eigenvalue weighted by Gasteiger charge is 2.18. The van der Waals surface area contributed by atoms with Crippen LogP contribution in [0.15, 0.2) is 30.5 Å². The minimum atomic E-state index is -0.489. The van der Waals surface area contributed by atoms with E-state index < -0.39 is 5.91 Å². The van der Waals surface area contributed by atoms with Gasteiger partial charge in [-0.05, 0) is 42.9 Å². The Morgan fingerprint density at radius 2 is 2.09 bits per heavy atom. The Bertz CT molecular complexity index is 768. The molecular weight excluding hydrogens is 357 g/mol. The van der Waals surface area contributed by atoms with E-state index in [-0.39, 0.29) is 21.4 Å². The SMILES string of the molecule is COc1c(Cl)cc(Cl)cc1C(=O)NC(=S)Nc1ncccc1C. The lowest BCUT2D eigenvalue weighted by atomic mass is 10.2. The molecule has 0 radical (unpaired) electrons. The van der Waals surface area contributed by atoms with Gasteiger partial charge in [0.15, 0.2) is 5.11 Å². The van der Waals surface area contributed by atoms with Crippen LogP contribution in [0.3, 0.4) is 0 Å². The van der Waals surface area contributed by atoms with Gasteiger partial charge in [-0.3, -0.25) is 10.1 Å². The number of ether oxygens (including phenoxy) is 1. The number of anilines is 1. The molecule has 23 heavy (non-hydrogen) atoms. The minimum Gasteiger partial charge on any atom is -0.494 e. The van der Waals surface area contributed by atoms with E-state index in [1.807, 2.05) is 13.0 Å². The molecule has 2 aromatic rings. The lowest BCUT2D eigenvalue weighted by Crippen LogP contribution is -2.34. The van der Waals surface area contributed by atoms with Crippen molar-refractivity contribution in [2.75, 3.05) is 12.4 Å². The first-order chi connectivity index (χ1) is 10.9. The Kier molecular flexibility index (Phi) is 5.76. The first kappa shape index (κ1) is 17.5. The number of amides is 1. The summed E-state index contributed by atoms with van der Waals surface area (Å²) in [4.78, 5) is 16.5. The molecule has 120 valence electrons. The van der Waals surface area contributed by atoms with Crippen LogP contribution in [0, 0.1) is 6.92 Å². The predicted molar refractivity (Wildman–Crippen MR) is 95.7 cm³/mol. The second-order valence-corrected chi connectivity index (χ2v) is 5.80. The van der Waals surface area contributed by atoms with Crippen LogP contribution >= 0.6 is 35.4 Å². The van der Waals surface area contributed by atoms with Gasteiger partial charge in [-0.1, -0.05) is 29.3 Å². The van der Waals surface area contributed by atoms with Crippen molar-refractivity contribution in [1.82, 2.24) is 10.3 Å². The maximum atomic E-state index is 12.4. The van der Waals surface area contributed by atoms with E-state index >= 15 is 0 Å². The molecule has 5 nitrogen and oxygen atoms in total. The molecule has 2 N–H and O–H groups in total. The zero-order chi connectivity index (χ0) is 17.0. The van der Waals surface area contributed by atoms with Crippen molar-refractivity contribution in [1.29, 1.82) is 0 Å². The largest absolute Gasteiger partial charge is 0.494 e. The molecule has 0 spiro atoms. The van der Waals surface area contributed by atoms with Gasteiger partial charge in [0.1, 0.15) is 11.6 Å². The van der Waals surface area contributed by atoms with Crippen molar-refractivity contribution in [2.24, 2.45) is 0 Å². The summed E-state index contributed by atoms with van der Waals surface area (Å²) in [6.07, 6.45) is 1.62. The van der Waals surface area contributed by atoms with Crippen molar-refractivity contribution >= 4 is 52.3 Å². The highest BCUT2D eigenvalue weighted by Crippen LogP contribution is 2.32. The molecule has 1 heterocycles. The summed E-state index contributed by atoms with van der Waals surface area (Å²) in [5.74, 6) is 0.302. The quantitative estimate of drug-likeness (QED) is 0.804. The number of nitrogens with zero attached hydrogens (tertiary/aromatic N) is 1. The van der Waals surface area contributed by atoms with E-state index in [4.69, 9.17) is 40.2 Å². The number of hydrogen-bond donors (Lipinski definition) is 2. The first-order valence-corrected chi connectivity index (χ1v) is 7.65. The van der Waals surface area contributed by atoms with Crippen LogP contribution in [0.4, 0.5) is 5.82 Å². The summed E-state index contributed by atoms with van der Waals surface area (Å²) in [6.45, 7) is 1.87. The predicted octanol–water partition coefficient (Wildman–Crippen LogP) is 3.83. The third-order valence-electron chi connectivity index (χ3n) is 2.93. The van der Waals surface area contributed by atoms with Gasteiger partial charge in [-0.2, -0.15) is 0 Å². The molecule has 0 aliphatic carbocycles. The Hall–Kier alpha value is -1.89. The van der Waals surface area contributed by atoms with Gasteiger partial charge in [-0.25, -0.2) is 4.98 Å². The van der Waals surface area contributed by atoms with E-state index in [0.717, 1.165) is 5.56 Å². The summed E-state index contributed by atoms with van der Waals surface area (Å²) < 4.78 is 5.14. The van der Waals surface area contributed by atoms with E-state index in [1.54, 1.807) is 12.3 Å². The zero-order valence-corrected chi connectivity index (χ0v) is 14.6. The van der Waals surface area contributed by atoms with Crippen LogP contribution in [-0.2, 0) is 0 Å². The number of hydrogen-bond acceptors (Lipinski definition) is 4. The monoisotopic (exact) mass is 369 g/mol. The normalized spacial score (nSPS) is 10.1. The number of methoxy groups -OCH3 is 1. The third kappa shape index (κ3) is 4.31. The van der Waals surface area contributed by atoms with Crippen LogP contribution in [0.5, 0.6) is 5.75 Å². The van der Waals surface area contributed by atoms with Crippen molar-refractivity contribution < 1.29 is 9.53 Å². The maximum Gasteiger partial charge on any atom is 0.261 e. The van der Waals surface area contributed by atoms with Crippen molar-refractivity contribution in [2.45, 2.75) is 6.92 Å². The second kappa shape index (κ2) is 7.59. The number of benzene rings is 1. The number of carbonyl (C=O) groups is 1. The van der Waals surface area contributed by atoms with E-state index in [0.29, 0.717) is 10.8 Å². The van der Waals surface area contributed by atoms with Crippen LogP contribution in [-0.4, -0.2) is 23.1 Å². The van der Waals surface area contributed by atoms with Crippen LogP contribution < -0.4 is 15.4 Å². The Balaban J connectivity index is 2.16. The van der Waals surface area contributed by atoms with Crippen LogP contribution in [0.25, 0.3) is 0 Å². The van der Waals surface area contributed by atoms with E-state index in [9.17, 15) is 4.79 Å². The topological polar surface area (TPSA) is 63.2 Å². The molecule has 1 amide bonds.